The quantitative estimate of drug-likeness (QED) is 0.884. The molecule has 1 aromatic heterocycles. The largest absolute Gasteiger partial charge is 0.478 e. The molecular formula is C14H12BrFN2O3. The van der Waals surface area contributed by atoms with Crippen molar-refractivity contribution in [1.29, 1.82) is 0 Å². The van der Waals surface area contributed by atoms with Gasteiger partial charge in [0.2, 0.25) is 0 Å². The third kappa shape index (κ3) is 3.30. The molecule has 0 unspecified atom stereocenters. The fourth-order valence-electron chi connectivity index (χ4n) is 1.92. The Bertz CT molecular complexity index is 712. The van der Waals surface area contributed by atoms with Gasteiger partial charge in [-0.05, 0) is 47.1 Å². The number of carboxylic acid groups (broad SMARTS) is 1. The molecule has 5 nitrogen and oxygen atoms in total. The molecule has 1 amide bonds. The van der Waals surface area contributed by atoms with Gasteiger partial charge in [-0.1, -0.05) is 0 Å². The number of anilines is 1. The molecule has 110 valence electrons. The van der Waals surface area contributed by atoms with Crippen molar-refractivity contribution in [2.24, 2.45) is 0 Å². The van der Waals surface area contributed by atoms with E-state index in [1.165, 1.54) is 6.07 Å². The molecule has 2 N–H and O–H groups in total. The topological polar surface area (TPSA) is 71.3 Å². The van der Waals surface area contributed by atoms with Crippen molar-refractivity contribution in [1.82, 2.24) is 4.57 Å². The zero-order chi connectivity index (χ0) is 15.6. The van der Waals surface area contributed by atoms with Gasteiger partial charge < -0.3 is 15.0 Å². The number of carbonyl (C=O) groups excluding carboxylic acids is 1. The summed E-state index contributed by atoms with van der Waals surface area (Å²) >= 11 is 3.28. The summed E-state index contributed by atoms with van der Waals surface area (Å²) in [7, 11) is 0. The molecule has 0 aliphatic carbocycles. The molecule has 7 heteroatoms. The third-order valence-electron chi connectivity index (χ3n) is 2.90. The van der Waals surface area contributed by atoms with Crippen LogP contribution in [0.25, 0.3) is 0 Å². The summed E-state index contributed by atoms with van der Waals surface area (Å²) < 4.78 is 15.6. The molecule has 0 radical (unpaired) electrons. The van der Waals surface area contributed by atoms with Crippen molar-refractivity contribution in [2.45, 2.75) is 13.5 Å². The number of rotatable bonds is 4. The first kappa shape index (κ1) is 15.2. The Kier molecular flexibility index (Phi) is 4.42. The summed E-state index contributed by atoms with van der Waals surface area (Å²) in [6, 6.07) is 4.82. The number of aromatic carboxylic acids is 1. The second-order valence-electron chi connectivity index (χ2n) is 4.28. The lowest BCUT2D eigenvalue weighted by Crippen LogP contribution is -2.18. The maximum absolute atomic E-state index is 13.1. The summed E-state index contributed by atoms with van der Waals surface area (Å²) in [5.41, 5.74) is 0.135. The lowest BCUT2D eigenvalue weighted by molar-refractivity contribution is 0.0697. The Balaban J connectivity index is 2.33. The van der Waals surface area contributed by atoms with Crippen LogP contribution in [0, 0.1) is 5.82 Å². The maximum atomic E-state index is 13.1. The number of carbonyl (C=O) groups is 2. The Morgan fingerprint density at radius 2 is 2.10 bits per heavy atom. The van der Waals surface area contributed by atoms with Gasteiger partial charge in [-0.2, -0.15) is 0 Å². The van der Waals surface area contributed by atoms with Gasteiger partial charge in [-0.15, -0.1) is 0 Å². The predicted octanol–water partition coefficient (Wildman–Crippen LogP) is 3.36. The van der Waals surface area contributed by atoms with E-state index in [-0.39, 0.29) is 11.3 Å². The molecule has 2 aromatic rings. The lowest BCUT2D eigenvalue weighted by Gasteiger charge is -2.10. The fourth-order valence-corrected chi connectivity index (χ4v) is 2.38. The van der Waals surface area contributed by atoms with Crippen LogP contribution in [-0.2, 0) is 6.54 Å². The van der Waals surface area contributed by atoms with Crippen LogP contribution in [-0.4, -0.2) is 21.6 Å². The monoisotopic (exact) mass is 354 g/mol. The highest BCUT2D eigenvalue weighted by atomic mass is 79.9. The number of amides is 1. The van der Waals surface area contributed by atoms with Gasteiger partial charge in [0.25, 0.3) is 5.91 Å². The highest BCUT2D eigenvalue weighted by molar-refractivity contribution is 9.10. The minimum Gasteiger partial charge on any atom is -0.478 e. The summed E-state index contributed by atoms with van der Waals surface area (Å²) in [5.74, 6) is -2.45. The second-order valence-corrected chi connectivity index (χ2v) is 5.19. The van der Waals surface area contributed by atoms with E-state index >= 15 is 0 Å². The predicted molar refractivity (Wildman–Crippen MR) is 79.1 cm³/mol. The molecule has 1 aromatic carbocycles. The zero-order valence-corrected chi connectivity index (χ0v) is 12.6. The van der Waals surface area contributed by atoms with Crippen LogP contribution in [0.1, 0.15) is 27.8 Å². The average molecular weight is 355 g/mol. The number of benzene rings is 1. The van der Waals surface area contributed by atoms with Gasteiger partial charge in [0, 0.05) is 17.2 Å². The van der Waals surface area contributed by atoms with Gasteiger partial charge >= 0.3 is 5.97 Å². The number of nitrogens with one attached hydrogen (secondary N) is 1. The van der Waals surface area contributed by atoms with Crippen molar-refractivity contribution < 1.29 is 19.1 Å². The van der Waals surface area contributed by atoms with Crippen molar-refractivity contribution in [2.75, 3.05) is 5.32 Å². The van der Waals surface area contributed by atoms with Crippen molar-refractivity contribution in [3.63, 3.8) is 0 Å². The standard InChI is InChI=1S/C14H12BrFN2O3/c1-2-18-7-8(15)5-12(18)13(19)17-11-4-3-9(16)6-10(11)14(20)21/h3-7H,2H2,1H3,(H,17,19)(H,20,21). The minimum atomic E-state index is -1.31. The van der Waals surface area contributed by atoms with Gasteiger partial charge in [-0.3, -0.25) is 4.79 Å². The molecule has 0 bridgehead atoms. The highest BCUT2D eigenvalue weighted by Gasteiger charge is 2.17. The molecule has 0 atom stereocenters. The Hall–Kier alpha value is -2.15. The number of halogens is 2. The highest BCUT2D eigenvalue weighted by Crippen LogP contribution is 2.20. The molecular weight excluding hydrogens is 343 g/mol. The summed E-state index contributed by atoms with van der Waals surface area (Å²) in [6.45, 7) is 2.47. The van der Waals surface area contributed by atoms with E-state index in [0.29, 0.717) is 12.2 Å². The van der Waals surface area contributed by atoms with E-state index in [1.807, 2.05) is 6.92 Å². The second kappa shape index (κ2) is 6.09. The molecule has 0 saturated carbocycles. The Morgan fingerprint density at radius 1 is 1.38 bits per heavy atom. The number of aryl methyl sites for hydroxylation is 1. The Morgan fingerprint density at radius 3 is 2.71 bits per heavy atom. The third-order valence-corrected chi connectivity index (χ3v) is 3.33. The minimum absolute atomic E-state index is 0.0499. The summed E-state index contributed by atoms with van der Waals surface area (Å²) in [5, 5.41) is 11.5. The molecule has 0 spiro atoms. The van der Waals surface area contributed by atoms with Crippen LogP contribution in [0.15, 0.2) is 34.9 Å². The number of hydrogen-bond acceptors (Lipinski definition) is 2. The first-order chi connectivity index (χ1) is 9.92. The molecule has 2 rings (SSSR count). The number of nitrogens with zero attached hydrogens (tertiary/aromatic N) is 1. The fraction of sp³-hybridized carbons (Fsp3) is 0.143. The molecule has 0 aliphatic rings. The average Bonchev–Trinajstić information content (AvgIpc) is 2.81. The van der Waals surface area contributed by atoms with Crippen LogP contribution in [0.5, 0.6) is 0 Å². The maximum Gasteiger partial charge on any atom is 0.337 e. The molecule has 1 heterocycles. The van der Waals surface area contributed by atoms with Crippen LogP contribution in [0.3, 0.4) is 0 Å². The van der Waals surface area contributed by atoms with E-state index in [4.69, 9.17) is 5.11 Å². The lowest BCUT2D eigenvalue weighted by atomic mass is 10.1. The molecule has 21 heavy (non-hydrogen) atoms. The van der Waals surface area contributed by atoms with Gasteiger partial charge in [-0.25, -0.2) is 9.18 Å². The van der Waals surface area contributed by atoms with Gasteiger partial charge in [0.05, 0.1) is 11.3 Å². The van der Waals surface area contributed by atoms with E-state index in [2.05, 4.69) is 21.2 Å². The summed E-state index contributed by atoms with van der Waals surface area (Å²) in [4.78, 5) is 23.3. The first-order valence-corrected chi connectivity index (χ1v) is 6.91. The van der Waals surface area contributed by atoms with Gasteiger partial charge in [0.15, 0.2) is 0 Å². The van der Waals surface area contributed by atoms with Gasteiger partial charge in [0.1, 0.15) is 11.5 Å². The molecule has 0 saturated heterocycles. The van der Waals surface area contributed by atoms with E-state index < -0.39 is 17.7 Å². The van der Waals surface area contributed by atoms with Crippen molar-refractivity contribution in [3.05, 3.63) is 52.0 Å². The Labute approximate surface area is 128 Å². The number of hydrogen-bond donors (Lipinski definition) is 2. The van der Waals surface area contributed by atoms with Crippen molar-refractivity contribution >= 4 is 33.5 Å². The van der Waals surface area contributed by atoms with Crippen molar-refractivity contribution in [3.8, 4) is 0 Å². The van der Waals surface area contributed by atoms with E-state index in [1.54, 1.807) is 16.8 Å². The normalized spacial score (nSPS) is 10.4. The number of carboxylic acids is 1. The zero-order valence-electron chi connectivity index (χ0n) is 11.1. The van der Waals surface area contributed by atoms with E-state index in [0.717, 1.165) is 16.6 Å². The first-order valence-electron chi connectivity index (χ1n) is 6.12. The number of aromatic nitrogens is 1. The van der Waals surface area contributed by atoms with Crippen LogP contribution >= 0.6 is 15.9 Å². The summed E-state index contributed by atoms with van der Waals surface area (Å²) in [6.07, 6.45) is 1.75. The van der Waals surface area contributed by atoms with E-state index in [9.17, 15) is 14.0 Å². The SMILES string of the molecule is CCn1cc(Br)cc1C(=O)Nc1ccc(F)cc1C(=O)O. The van der Waals surface area contributed by atoms with Crippen LogP contribution < -0.4 is 5.32 Å². The van der Waals surface area contributed by atoms with Crippen LogP contribution in [0.2, 0.25) is 0 Å². The molecule has 0 aliphatic heterocycles. The van der Waals surface area contributed by atoms with Crippen LogP contribution in [0.4, 0.5) is 10.1 Å². The molecule has 0 fully saturated rings. The smallest absolute Gasteiger partial charge is 0.337 e.